The molecule has 0 radical (unpaired) electrons. The first-order valence-corrected chi connectivity index (χ1v) is 9.99. The molecule has 3 atom stereocenters. The number of hydrogen-bond acceptors (Lipinski definition) is 3. The van der Waals surface area contributed by atoms with E-state index in [4.69, 9.17) is 4.74 Å². The molecular weight excluding hydrogens is 239 g/mol. The third-order valence-electron chi connectivity index (χ3n) is 3.17. The highest BCUT2D eigenvalue weighted by molar-refractivity contribution is 6.76. The minimum Gasteiger partial charge on any atom is -0.466 e. The summed E-state index contributed by atoms with van der Waals surface area (Å²) in [5.41, 5.74) is 0. The van der Waals surface area contributed by atoms with Gasteiger partial charge in [0, 0.05) is 8.07 Å². The molecule has 3 nitrogen and oxygen atoms in total. The van der Waals surface area contributed by atoms with E-state index in [1.54, 1.807) is 0 Å². The molecule has 0 aromatic rings. The summed E-state index contributed by atoms with van der Waals surface area (Å²) in [7, 11) is -1.19. The summed E-state index contributed by atoms with van der Waals surface area (Å²) in [6.45, 7) is 7.10. The zero-order valence-corrected chi connectivity index (χ0v) is 11.9. The molecule has 0 aromatic heterocycles. The third-order valence-corrected chi connectivity index (χ3v) is 4.87. The van der Waals surface area contributed by atoms with Crippen molar-refractivity contribution < 1.29 is 19.0 Å². The standard InChI is InChI=1S/C12H23FO3Si/c1-17(2,3)7-6-16-12(15)9-4-5-11(14)10(13)8-9/h9-11,14H,4-8H2,1-3H3. The van der Waals surface area contributed by atoms with Gasteiger partial charge in [-0.2, -0.15) is 0 Å². The average Bonchev–Trinajstić information content (AvgIpc) is 2.20. The first-order chi connectivity index (χ1) is 7.79. The molecule has 0 spiro atoms. The van der Waals surface area contributed by atoms with Gasteiger partial charge < -0.3 is 9.84 Å². The van der Waals surface area contributed by atoms with E-state index in [0.29, 0.717) is 19.4 Å². The number of carbonyl (C=O) groups is 1. The zero-order chi connectivity index (χ0) is 13.1. The second-order valence-corrected chi connectivity index (χ2v) is 11.7. The van der Waals surface area contributed by atoms with Crippen LogP contribution in [0.15, 0.2) is 0 Å². The topological polar surface area (TPSA) is 46.5 Å². The zero-order valence-electron chi connectivity index (χ0n) is 10.9. The molecule has 0 amide bonds. The molecule has 3 unspecified atom stereocenters. The Morgan fingerprint density at radius 1 is 1.41 bits per heavy atom. The van der Waals surface area contributed by atoms with Crippen LogP contribution in [0.3, 0.4) is 0 Å². The van der Waals surface area contributed by atoms with Crippen molar-refractivity contribution in [1.82, 2.24) is 0 Å². The quantitative estimate of drug-likeness (QED) is 0.625. The Labute approximate surface area is 103 Å². The largest absolute Gasteiger partial charge is 0.466 e. The lowest BCUT2D eigenvalue weighted by molar-refractivity contribution is -0.151. The van der Waals surface area contributed by atoms with Crippen molar-refractivity contribution in [2.45, 2.75) is 57.2 Å². The van der Waals surface area contributed by atoms with Gasteiger partial charge in [0.1, 0.15) is 6.17 Å². The van der Waals surface area contributed by atoms with Crippen LogP contribution in [0, 0.1) is 5.92 Å². The Balaban J connectivity index is 2.29. The summed E-state index contributed by atoms with van der Waals surface area (Å²) in [4.78, 5) is 11.7. The van der Waals surface area contributed by atoms with Crippen LogP contribution in [0.4, 0.5) is 4.39 Å². The van der Waals surface area contributed by atoms with Gasteiger partial charge in [-0.15, -0.1) is 0 Å². The average molecular weight is 262 g/mol. The number of rotatable bonds is 4. The van der Waals surface area contributed by atoms with Gasteiger partial charge in [-0.25, -0.2) is 4.39 Å². The highest BCUT2D eigenvalue weighted by Gasteiger charge is 2.33. The molecule has 0 saturated heterocycles. The van der Waals surface area contributed by atoms with Crippen LogP contribution in [0.1, 0.15) is 19.3 Å². The summed E-state index contributed by atoms with van der Waals surface area (Å²) in [5.74, 6) is -0.659. The minimum absolute atomic E-state index is 0.104. The fourth-order valence-corrected chi connectivity index (χ4v) is 2.60. The monoisotopic (exact) mass is 262 g/mol. The molecule has 1 aliphatic carbocycles. The maximum Gasteiger partial charge on any atom is 0.309 e. The maximum absolute atomic E-state index is 13.2. The van der Waals surface area contributed by atoms with Crippen molar-refractivity contribution in [3.63, 3.8) is 0 Å². The van der Waals surface area contributed by atoms with Crippen LogP contribution in [0.25, 0.3) is 0 Å². The smallest absolute Gasteiger partial charge is 0.309 e. The molecule has 5 heteroatoms. The maximum atomic E-state index is 13.2. The Morgan fingerprint density at radius 3 is 2.59 bits per heavy atom. The first-order valence-electron chi connectivity index (χ1n) is 6.28. The van der Waals surface area contributed by atoms with Crippen molar-refractivity contribution in [2.24, 2.45) is 5.92 Å². The molecule has 1 N–H and O–H groups in total. The Morgan fingerprint density at radius 2 is 2.06 bits per heavy atom. The molecule has 1 saturated carbocycles. The van der Waals surface area contributed by atoms with E-state index in [0.717, 1.165) is 6.04 Å². The Hall–Kier alpha value is -0.423. The number of carbonyl (C=O) groups excluding carboxylic acids is 1. The van der Waals surface area contributed by atoms with Crippen LogP contribution < -0.4 is 0 Å². The van der Waals surface area contributed by atoms with E-state index in [-0.39, 0.29) is 18.3 Å². The highest BCUT2D eigenvalue weighted by atomic mass is 28.3. The van der Waals surface area contributed by atoms with E-state index in [1.165, 1.54) is 0 Å². The molecule has 1 aliphatic rings. The normalized spacial score (nSPS) is 30.1. The van der Waals surface area contributed by atoms with Gasteiger partial charge >= 0.3 is 5.97 Å². The lowest BCUT2D eigenvalue weighted by atomic mass is 9.86. The fourth-order valence-electron chi connectivity index (χ4n) is 1.89. The van der Waals surface area contributed by atoms with Crippen molar-refractivity contribution >= 4 is 14.0 Å². The number of aliphatic hydroxyl groups excluding tert-OH is 1. The van der Waals surface area contributed by atoms with E-state index < -0.39 is 20.3 Å². The van der Waals surface area contributed by atoms with Crippen molar-refractivity contribution in [3.05, 3.63) is 0 Å². The second-order valence-electron chi connectivity index (χ2n) is 6.07. The first kappa shape index (κ1) is 14.6. The van der Waals surface area contributed by atoms with E-state index in [2.05, 4.69) is 19.6 Å². The lowest BCUT2D eigenvalue weighted by Gasteiger charge is -2.27. The van der Waals surface area contributed by atoms with Gasteiger partial charge in [-0.1, -0.05) is 19.6 Å². The molecule has 0 aromatic carbocycles. The summed E-state index contributed by atoms with van der Waals surface area (Å²) in [6, 6.07) is 0.938. The predicted molar refractivity (Wildman–Crippen MR) is 67.4 cm³/mol. The fraction of sp³-hybridized carbons (Fsp3) is 0.917. The molecule has 0 heterocycles. The molecule has 100 valence electrons. The van der Waals surface area contributed by atoms with Crippen LogP contribution >= 0.6 is 0 Å². The molecule has 1 fully saturated rings. The summed E-state index contributed by atoms with van der Waals surface area (Å²) < 4.78 is 18.4. The van der Waals surface area contributed by atoms with Gasteiger partial charge in [-0.3, -0.25) is 4.79 Å². The van der Waals surface area contributed by atoms with E-state index >= 15 is 0 Å². The number of aliphatic hydroxyl groups is 1. The highest BCUT2D eigenvalue weighted by Crippen LogP contribution is 2.27. The number of halogens is 1. The summed E-state index contributed by atoms with van der Waals surface area (Å²) in [5, 5.41) is 9.24. The summed E-state index contributed by atoms with van der Waals surface area (Å²) >= 11 is 0. The van der Waals surface area contributed by atoms with E-state index in [1.807, 2.05) is 0 Å². The number of esters is 1. The molecule has 17 heavy (non-hydrogen) atoms. The predicted octanol–water partition coefficient (Wildman–Crippen LogP) is 2.37. The molecular formula is C12H23FO3Si. The number of hydrogen-bond donors (Lipinski definition) is 1. The van der Waals surface area contributed by atoms with Crippen molar-refractivity contribution in [1.29, 1.82) is 0 Å². The van der Waals surface area contributed by atoms with Gasteiger partial charge in [0.25, 0.3) is 0 Å². The third kappa shape index (κ3) is 5.17. The van der Waals surface area contributed by atoms with Gasteiger partial charge in [0.15, 0.2) is 0 Å². The summed E-state index contributed by atoms with van der Waals surface area (Å²) in [6.07, 6.45) is -1.19. The van der Waals surface area contributed by atoms with Crippen LogP contribution in [0.2, 0.25) is 25.7 Å². The van der Waals surface area contributed by atoms with E-state index in [9.17, 15) is 14.3 Å². The Kier molecular flexibility index (Phi) is 5.13. The number of alkyl halides is 1. The molecule has 1 rings (SSSR count). The van der Waals surface area contributed by atoms with Crippen molar-refractivity contribution in [2.75, 3.05) is 6.61 Å². The van der Waals surface area contributed by atoms with Crippen LogP contribution in [0.5, 0.6) is 0 Å². The number of ether oxygens (including phenoxy) is 1. The van der Waals surface area contributed by atoms with Gasteiger partial charge in [-0.05, 0) is 25.3 Å². The second kappa shape index (κ2) is 5.95. The van der Waals surface area contributed by atoms with Gasteiger partial charge in [0.2, 0.25) is 0 Å². The molecule has 0 bridgehead atoms. The molecule has 0 aliphatic heterocycles. The SMILES string of the molecule is C[Si](C)(C)CCOC(=O)C1CCC(O)C(F)C1. The van der Waals surface area contributed by atoms with Gasteiger partial charge in [0.05, 0.1) is 18.6 Å². The van der Waals surface area contributed by atoms with Crippen molar-refractivity contribution in [3.8, 4) is 0 Å². The van der Waals surface area contributed by atoms with Crippen LogP contribution in [-0.2, 0) is 9.53 Å². The minimum atomic E-state index is -1.28. The lowest BCUT2D eigenvalue weighted by Crippen LogP contribution is -2.35. The Bertz CT molecular complexity index is 265. The van der Waals surface area contributed by atoms with Crippen LogP contribution in [-0.4, -0.2) is 38.0 Å².